The average molecular weight is 226 g/mol. The van der Waals surface area contributed by atoms with Gasteiger partial charge < -0.3 is 10.2 Å². The van der Waals surface area contributed by atoms with Gasteiger partial charge in [-0.25, -0.2) is 0 Å². The van der Waals surface area contributed by atoms with Crippen LogP contribution in [0.4, 0.5) is 0 Å². The molecule has 1 aliphatic heterocycles. The summed E-state index contributed by atoms with van der Waals surface area (Å²) in [6, 6.07) is 0.646. The Kier molecular flexibility index (Phi) is 6.37. The summed E-state index contributed by atoms with van der Waals surface area (Å²) in [6.45, 7) is 14.2. The van der Waals surface area contributed by atoms with E-state index < -0.39 is 0 Å². The predicted octanol–water partition coefficient (Wildman–Crippen LogP) is 2.74. The second-order valence-electron chi connectivity index (χ2n) is 5.68. The Balaban J connectivity index is 2.06. The van der Waals surface area contributed by atoms with Crippen molar-refractivity contribution in [3.05, 3.63) is 0 Å². The normalized spacial score (nSPS) is 21.6. The van der Waals surface area contributed by atoms with Crippen molar-refractivity contribution in [3.8, 4) is 0 Å². The van der Waals surface area contributed by atoms with Gasteiger partial charge in [0.15, 0.2) is 0 Å². The van der Waals surface area contributed by atoms with E-state index in [1.807, 2.05) is 0 Å². The van der Waals surface area contributed by atoms with Gasteiger partial charge in [-0.05, 0) is 44.7 Å². The lowest BCUT2D eigenvalue weighted by molar-refractivity contribution is 0.180. The van der Waals surface area contributed by atoms with Crippen LogP contribution in [0.1, 0.15) is 47.0 Å². The van der Waals surface area contributed by atoms with Crippen molar-refractivity contribution in [2.75, 3.05) is 26.2 Å². The highest BCUT2D eigenvalue weighted by atomic mass is 15.1. The molecule has 0 spiro atoms. The van der Waals surface area contributed by atoms with Crippen LogP contribution in [0.25, 0.3) is 0 Å². The van der Waals surface area contributed by atoms with Crippen LogP contribution in [-0.2, 0) is 0 Å². The first kappa shape index (κ1) is 14.0. The molecule has 0 aromatic rings. The van der Waals surface area contributed by atoms with Gasteiger partial charge in [0, 0.05) is 19.1 Å². The van der Waals surface area contributed by atoms with Crippen LogP contribution in [-0.4, -0.2) is 37.1 Å². The molecule has 2 heteroatoms. The molecule has 1 unspecified atom stereocenters. The van der Waals surface area contributed by atoms with Gasteiger partial charge in [0.05, 0.1) is 0 Å². The third-order valence-electron chi connectivity index (χ3n) is 4.18. The van der Waals surface area contributed by atoms with Crippen molar-refractivity contribution in [1.82, 2.24) is 10.2 Å². The summed E-state index contributed by atoms with van der Waals surface area (Å²) in [5.41, 5.74) is 0. The van der Waals surface area contributed by atoms with Crippen molar-refractivity contribution in [2.24, 2.45) is 11.8 Å². The molecule has 1 saturated heterocycles. The van der Waals surface area contributed by atoms with Crippen molar-refractivity contribution in [1.29, 1.82) is 0 Å². The molecule has 0 aromatic carbocycles. The first-order valence-corrected chi connectivity index (χ1v) is 7.09. The summed E-state index contributed by atoms with van der Waals surface area (Å²) in [5.74, 6) is 1.74. The molecule has 0 aromatic heterocycles. The van der Waals surface area contributed by atoms with Crippen LogP contribution in [0.15, 0.2) is 0 Å². The molecule has 16 heavy (non-hydrogen) atoms. The largest absolute Gasteiger partial charge is 0.313 e. The molecular formula is C14H30N2. The highest BCUT2D eigenvalue weighted by molar-refractivity contribution is 4.73. The topological polar surface area (TPSA) is 15.3 Å². The molecule has 0 saturated carbocycles. The lowest BCUT2D eigenvalue weighted by Crippen LogP contribution is -2.41. The standard InChI is InChI=1S/C14H30N2/c1-5-14-6-9-16(10-7-14)11-8-15-13(4)12(2)3/h12-15H,5-11H2,1-4H3. The summed E-state index contributed by atoms with van der Waals surface area (Å²) in [4.78, 5) is 2.62. The Morgan fingerprint density at radius 2 is 1.81 bits per heavy atom. The molecule has 0 bridgehead atoms. The maximum absolute atomic E-state index is 3.61. The summed E-state index contributed by atoms with van der Waals surface area (Å²) in [6.07, 6.45) is 4.20. The van der Waals surface area contributed by atoms with E-state index in [1.54, 1.807) is 0 Å². The smallest absolute Gasteiger partial charge is 0.0107 e. The van der Waals surface area contributed by atoms with Crippen molar-refractivity contribution in [2.45, 2.75) is 53.0 Å². The van der Waals surface area contributed by atoms with Crippen LogP contribution in [0.2, 0.25) is 0 Å². The number of hydrogen-bond donors (Lipinski definition) is 1. The van der Waals surface area contributed by atoms with E-state index in [4.69, 9.17) is 0 Å². The number of likely N-dealkylation sites (tertiary alicyclic amines) is 1. The second-order valence-corrected chi connectivity index (χ2v) is 5.68. The Labute approximate surface area is 102 Å². The molecule has 1 fully saturated rings. The Hall–Kier alpha value is -0.0800. The van der Waals surface area contributed by atoms with E-state index in [2.05, 4.69) is 37.9 Å². The summed E-state index contributed by atoms with van der Waals surface area (Å²) >= 11 is 0. The van der Waals surface area contributed by atoms with Gasteiger partial charge in [0.1, 0.15) is 0 Å². The number of hydrogen-bond acceptors (Lipinski definition) is 2. The van der Waals surface area contributed by atoms with Gasteiger partial charge in [-0.1, -0.05) is 27.2 Å². The van der Waals surface area contributed by atoms with Gasteiger partial charge in [-0.3, -0.25) is 0 Å². The van der Waals surface area contributed by atoms with E-state index in [1.165, 1.54) is 38.9 Å². The zero-order valence-corrected chi connectivity index (χ0v) is 11.6. The molecule has 1 rings (SSSR count). The van der Waals surface area contributed by atoms with E-state index in [-0.39, 0.29) is 0 Å². The van der Waals surface area contributed by atoms with Crippen LogP contribution in [0.3, 0.4) is 0 Å². The third-order valence-corrected chi connectivity index (χ3v) is 4.18. The zero-order chi connectivity index (χ0) is 12.0. The highest BCUT2D eigenvalue weighted by Gasteiger charge is 2.17. The second kappa shape index (κ2) is 7.29. The molecule has 2 nitrogen and oxygen atoms in total. The quantitative estimate of drug-likeness (QED) is 0.749. The lowest BCUT2D eigenvalue weighted by atomic mass is 9.94. The van der Waals surface area contributed by atoms with Crippen molar-refractivity contribution >= 4 is 0 Å². The molecule has 1 aliphatic rings. The van der Waals surface area contributed by atoms with Gasteiger partial charge >= 0.3 is 0 Å². The number of rotatable bonds is 6. The van der Waals surface area contributed by atoms with Crippen LogP contribution in [0.5, 0.6) is 0 Å². The lowest BCUT2D eigenvalue weighted by Gasteiger charge is -2.32. The van der Waals surface area contributed by atoms with E-state index in [9.17, 15) is 0 Å². The van der Waals surface area contributed by atoms with Crippen molar-refractivity contribution in [3.63, 3.8) is 0 Å². The molecule has 0 aliphatic carbocycles. The minimum Gasteiger partial charge on any atom is -0.313 e. The minimum absolute atomic E-state index is 0.646. The molecule has 1 heterocycles. The van der Waals surface area contributed by atoms with Crippen LogP contribution in [0, 0.1) is 11.8 Å². The summed E-state index contributed by atoms with van der Waals surface area (Å²) in [7, 11) is 0. The first-order chi connectivity index (χ1) is 7.63. The summed E-state index contributed by atoms with van der Waals surface area (Å²) < 4.78 is 0. The summed E-state index contributed by atoms with van der Waals surface area (Å²) in [5, 5.41) is 3.61. The fourth-order valence-corrected chi connectivity index (χ4v) is 2.30. The average Bonchev–Trinajstić information content (AvgIpc) is 2.29. The van der Waals surface area contributed by atoms with Crippen LogP contribution < -0.4 is 5.32 Å². The maximum Gasteiger partial charge on any atom is 0.0107 e. The Morgan fingerprint density at radius 1 is 1.19 bits per heavy atom. The zero-order valence-electron chi connectivity index (χ0n) is 11.6. The van der Waals surface area contributed by atoms with Crippen molar-refractivity contribution < 1.29 is 0 Å². The molecular weight excluding hydrogens is 196 g/mol. The maximum atomic E-state index is 3.61. The number of nitrogens with zero attached hydrogens (tertiary/aromatic N) is 1. The third kappa shape index (κ3) is 4.84. The molecule has 96 valence electrons. The van der Waals surface area contributed by atoms with Crippen LogP contribution >= 0.6 is 0 Å². The molecule has 1 atom stereocenters. The van der Waals surface area contributed by atoms with E-state index in [0.29, 0.717) is 6.04 Å². The van der Waals surface area contributed by atoms with Gasteiger partial charge in [0.2, 0.25) is 0 Å². The molecule has 0 radical (unpaired) electrons. The van der Waals surface area contributed by atoms with E-state index in [0.717, 1.165) is 18.4 Å². The Morgan fingerprint density at radius 3 is 2.31 bits per heavy atom. The van der Waals surface area contributed by atoms with Gasteiger partial charge in [0.25, 0.3) is 0 Å². The fourth-order valence-electron chi connectivity index (χ4n) is 2.30. The fraction of sp³-hybridized carbons (Fsp3) is 1.00. The first-order valence-electron chi connectivity index (χ1n) is 7.09. The number of piperidine rings is 1. The molecule has 0 amide bonds. The monoisotopic (exact) mass is 226 g/mol. The number of nitrogens with one attached hydrogen (secondary N) is 1. The SMILES string of the molecule is CCC1CCN(CCNC(C)C(C)C)CC1. The Bertz CT molecular complexity index is 172. The predicted molar refractivity (Wildman–Crippen MR) is 71.8 cm³/mol. The van der Waals surface area contributed by atoms with Gasteiger partial charge in [-0.15, -0.1) is 0 Å². The van der Waals surface area contributed by atoms with Gasteiger partial charge in [-0.2, -0.15) is 0 Å². The van der Waals surface area contributed by atoms with E-state index >= 15 is 0 Å². The minimum atomic E-state index is 0.646. The highest BCUT2D eigenvalue weighted by Crippen LogP contribution is 2.19. The molecule has 1 N–H and O–H groups in total.